The highest BCUT2D eigenvalue weighted by atomic mass is 16.3. The molecule has 0 aliphatic carbocycles. The van der Waals surface area contributed by atoms with Crippen molar-refractivity contribution in [2.45, 2.75) is 12.6 Å². The number of nitrogens with zero attached hydrogens (tertiary/aromatic N) is 7. The van der Waals surface area contributed by atoms with Crippen LogP contribution in [-0.4, -0.2) is 43.2 Å². The average molecular weight is 338 g/mol. The Hall–Kier alpha value is -3.49. The monoisotopic (exact) mass is 338 g/mol. The molecule has 1 aromatic carbocycles. The van der Waals surface area contributed by atoms with Crippen LogP contribution in [0.4, 0.5) is 5.82 Å². The van der Waals surface area contributed by atoms with Gasteiger partial charge in [0.2, 0.25) is 0 Å². The number of hydrogen-bond donors (Lipinski definition) is 2. The van der Waals surface area contributed by atoms with Crippen molar-refractivity contribution in [1.82, 2.24) is 19.5 Å². The van der Waals surface area contributed by atoms with Crippen LogP contribution in [0, 0.1) is 0 Å². The molecule has 2 N–H and O–H groups in total. The van der Waals surface area contributed by atoms with Gasteiger partial charge in [-0.25, -0.2) is 15.0 Å². The van der Waals surface area contributed by atoms with Crippen LogP contribution in [0.3, 0.4) is 0 Å². The highest BCUT2D eigenvalue weighted by Gasteiger charge is 2.15. The molecule has 25 heavy (non-hydrogen) atoms. The van der Waals surface area contributed by atoms with E-state index in [1.54, 1.807) is 28.8 Å². The Morgan fingerprint density at radius 1 is 1.32 bits per heavy atom. The van der Waals surface area contributed by atoms with Crippen LogP contribution in [0.25, 0.3) is 21.6 Å². The third-order valence-corrected chi connectivity index (χ3v) is 3.43. The molecule has 3 aromatic rings. The standard InChI is InChI=1S/C15H14N8O2/c16-22-20-6-11(24)7-23-9-19-12-13(17-8-18-14(12)23)21-15(25)10-4-2-1-3-5-10/h1-5,8-9,11,24H,6-7H2,(H,17,18,21,25)/t11-/m1/s1. The van der Waals surface area contributed by atoms with E-state index in [2.05, 4.69) is 30.3 Å². The van der Waals surface area contributed by atoms with Gasteiger partial charge in [0.1, 0.15) is 6.33 Å². The number of aromatic nitrogens is 4. The van der Waals surface area contributed by atoms with Crippen LogP contribution in [0.15, 0.2) is 48.1 Å². The molecule has 0 unspecified atom stereocenters. The number of benzene rings is 1. The van der Waals surface area contributed by atoms with E-state index in [9.17, 15) is 9.90 Å². The number of anilines is 1. The zero-order valence-corrected chi connectivity index (χ0v) is 13.0. The maximum absolute atomic E-state index is 12.3. The number of nitrogens with one attached hydrogen (secondary N) is 1. The van der Waals surface area contributed by atoms with Gasteiger partial charge in [0, 0.05) is 10.5 Å². The number of fused-ring (bicyclic) bond motifs is 1. The molecule has 0 aliphatic rings. The second-order valence-corrected chi connectivity index (χ2v) is 5.18. The Morgan fingerprint density at radius 3 is 2.88 bits per heavy atom. The molecule has 10 heteroatoms. The predicted molar refractivity (Wildman–Crippen MR) is 89.7 cm³/mol. The summed E-state index contributed by atoms with van der Waals surface area (Å²) in [5.74, 6) is -0.0271. The lowest BCUT2D eigenvalue weighted by Crippen LogP contribution is -2.18. The minimum Gasteiger partial charge on any atom is -0.391 e. The van der Waals surface area contributed by atoms with Crippen molar-refractivity contribution in [2.24, 2.45) is 5.11 Å². The van der Waals surface area contributed by atoms with E-state index in [1.807, 2.05) is 6.07 Å². The molecule has 0 bridgehead atoms. The fourth-order valence-electron chi connectivity index (χ4n) is 2.29. The molecule has 0 saturated carbocycles. The van der Waals surface area contributed by atoms with Crippen molar-refractivity contribution >= 4 is 22.9 Å². The van der Waals surface area contributed by atoms with Crippen LogP contribution in [0.5, 0.6) is 0 Å². The Morgan fingerprint density at radius 2 is 2.12 bits per heavy atom. The van der Waals surface area contributed by atoms with Crippen molar-refractivity contribution in [3.8, 4) is 0 Å². The van der Waals surface area contributed by atoms with Crippen LogP contribution in [-0.2, 0) is 6.54 Å². The largest absolute Gasteiger partial charge is 0.391 e. The normalized spacial score (nSPS) is 11.7. The smallest absolute Gasteiger partial charge is 0.256 e. The lowest BCUT2D eigenvalue weighted by molar-refractivity contribution is 0.102. The van der Waals surface area contributed by atoms with E-state index in [0.717, 1.165) is 0 Å². The third-order valence-electron chi connectivity index (χ3n) is 3.43. The Bertz CT molecular complexity index is 933. The van der Waals surface area contributed by atoms with E-state index in [0.29, 0.717) is 16.7 Å². The van der Waals surface area contributed by atoms with Gasteiger partial charge in [-0.2, -0.15) is 0 Å². The summed E-state index contributed by atoms with van der Waals surface area (Å²) in [6.07, 6.45) is 1.92. The van der Waals surface area contributed by atoms with E-state index < -0.39 is 6.10 Å². The number of amides is 1. The summed E-state index contributed by atoms with van der Waals surface area (Å²) >= 11 is 0. The van der Waals surface area contributed by atoms with E-state index in [4.69, 9.17) is 5.53 Å². The van der Waals surface area contributed by atoms with Gasteiger partial charge >= 0.3 is 0 Å². The summed E-state index contributed by atoms with van der Waals surface area (Å²) in [4.78, 5) is 27.3. The number of azide groups is 1. The molecule has 2 aromatic heterocycles. The Labute approximate surface area is 141 Å². The quantitative estimate of drug-likeness (QED) is 0.400. The summed E-state index contributed by atoms with van der Waals surface area (Å²) in [5.41, 5.74) is 9.66. The minimum atomic E-state index is -0.870. The number of aliphatic hydroxyl groups excluding tert-OH is 1. The van der Waals surface area contributed by atoms with Crippen molar-refractivity contribution in [2.75, 3.05) is 11.9 Å². The first-order valence-corrected chi connectivity index (χ1v) is 7.40. The molecule has 0 saturated heterocycles. The second kappa shape index (κ2) is 7.39. The first-order valence-electron chi connectivity index (χ1n) is 7.40. The molecule has 2 heterocycles. The summed E-state index contributed by atoms with van der Waals surface area (Å²) in [7, 11) is 0. The fourth-order valence-corrected chi connectivity index (χ4v) is 2.29. The fraction of sp³-hybridized carbons (Fsp3) is 0.200. The minimum absolute atomic E-state index is 0.0567. The number of aliphatic hydroxyl groups is 1. The summed E-state index contributed by atoms with van der Waals surface area (Å²) < 4.78 is 1.60. The van der Waals surface area contributed by atoms with Crippen LogP contribution in [0.1, 0.15) is 10.4 Å². The lowest BCUT2D eigenvalue weighted by atomic mass is 10.2. The number of rotatable bonds is 6. The molecule has 0 aliphatic heterocycles. The second-order valence-electron chi connectivity index (χ2n) is 5.18. The zero-order valence-electron chi connectivity index (χ0n) is 13.0. The van der Waals surface area contributed by atoms with E-state index >= 15 is 0 Å². The molecule has 10 nitrogen and oxygen atoms in total. The highest BCUT2D eigenvalue weighted by molar-refractivity contribution is 6.06. The summed E-state index contributed by atoms with van der Waals surface area (Å²) in [6, 6.07) is 8.74. The Kier molecular flexibility index (Phi) is 4.84. The van der Waals surface area contributed by atoms with Crippen LogP contribution < -0.4 is 5.32 Å². The van der Waals surface area contributed by atoms with Crippen LogP contribution in [0.2, 0.25) is 0 Å². The highest BCUT2D eigenvalue weighted by Crippen LogP contribution is 2.18. The topological polar surface area (TPSA) is 142 Å². The van der Waals surface area contributed by atoms with Gasteiger partial charge in [0.25, 0.3) is 5.91 Å². The van der Waals surface area contributed by atoms with Gasteiger partial charge in [0.15, 0.2) is 17.0 Å². The van der Waals surface area contributed by atoms with Gasteiger partial charge in [-0.15, -0.1) is 0 Å². The van der Waals surface area contributed by atoms with Gasteiger partial charge < -0.3 is 15.0 Å². The Balaban J connectivity index is 1.83. The number of carbonyl (C=O) groups is 1. The molecule has 1 amide bonds. The number of hydrogen-bond acceptors (Lipinski definition) is 6. The summed E-state index contributed by atoms with van der Waals surface area (Å²) in [5, 5.41) is 15.9. The van der Waals surface area contributed by atoms with Gasteiger partial charge in [-0.1, -0.05) is 23.3 Å². The van der Waals surface area contributed by atoms with Crippen LogP contribution >= 0.6 is 0 Å². The SMILES string of the molecule is [N-]=[N+]=NC[C@@H](O)Cn1cnc2c(NC(=O)c3ccccc3)ncnc21. The van der Waals surface area contributed by atoms with E-state index in [1.165, 1.54) is 12.7 Å². The van der Waals surface area contributed by atoms with Crippen molar-refractivity contribution in [3.63, 3.8) is 0 Å². The zero-order chi connectivity index (χ0) is 17.6. The van der Waals surface area contributed by atoms with E-state index in [-0.39, 0.29) is 24.8 Å². The molecule has 126 valence electrons. The van der Waals surface area contributed by atoms with Crippen molar-refractivity contribution in [1.29, 1.82) is 0 Å². The molecular formula is C15H14N8O2. The van der Waals surface area contributed by atoms with Gasteiger partial charge in [-0.05, 0) is 17.7 Å². The first kappa shape index (κ1) is 16.4. The number of imidazole rings is 1. The lowest BCUT2D eigenvalue weighted by Gasteiger charge is -2.09. The molecule has 0 fully saturated rings. The molecule has 3 rings (SSSR count). The molecular weight excluding hydrogens is 324 g/mol. The first-order chi connectivity index (χ1) is 12.2. The average Bonchev–Trinajstić information content (AvgIpc) is 3.04. The van der Waals surface area contributed by atoms with Crippen molar-refractivity contribution in [3.05, 3.63) is 59.0 Å². The summed E-state index contributed by atoms with van der Waals surface area (Å²) in [6.45, 7) is 0.0947. The maximum atomic E-state index is 12.3. The van der Waals surface area contributed by atoms with Gasteiger partial charge in [-0.3, -0.25) is 4.79 Å². The molecule has 1 atom stereocenters. The molecule has 0 spiro atoms. The van der Waals surface area contributed by atoms with Gasteiger partial charge in [0.05, 0.1) is 25.5 Å². The number of carbonyl (C=O) groups excluding carboxylic acids is 1. The third kappa shape index (κ3) is 3.71. The maximum Gasteiger partial charge on any atom is 0.256 e. The van der Waals surface area contributed by atoms with Crippen molar-refractivity contribution < 1.29 is 9.90 Å². The molecule has 0 radical (unpaired) electrons. The predicted octanol–water partition coefficient (Wildman–Crippen LogP) is 1.75.